The number of carboxylic acids is 1. The van der Waals surface area contributed by atoms with Gasteiger partial charge in [-0.15, -0.1) is 0 Å². The Morgan fingerprint density at radius 3 is 1.81 bits per heavy atom. The quantitative estimate of drug-likeness (QED) is 0.574. The van der Waals surface area contributed by atoms with E-state index in [-0.39, 0.29) is 24.1 Å². The van der Waals surface area contributed by atoms with Gasteiger partial charge in [-0.3, -0.25) is 4.79 Å². The van der Waals surface area contributed by atoms with E-state index in [2.05, 4.69) is 0 Å². The van der Waals surface area contributed by atoms with Crippen LogP contribution in [0.3, 0.4) is 0 Å². The number of hydrogen-bond donors (Lipinski definition) is 2. The largest absolute Gasteiger partial charge is 0.502 e. The van der Waals surface area contributed by atoms with Crippen LogP contribution in [-0.2, 0) is 9.59 Å². The van der Waals surface area contributed by atoms with Crippen molar-refractivity contribution in [2.24, 2.45) is 0 Å². The zero-order valence-electron chi connectivity index (χ0n) is 14.6. The Labute approximate surface area is 155 Å². The number of carbonyl (C=O) groups is 2. The molecule has 1 amide bonds. The van der Waals surface area contributed by atoms with E-state index in [1.807, 2.05) is 0 Å². The van der Waals surface area contributed by atoms with Crippen LogP contribution < -0.4 is 0 Å². The van der Waals surface area contributed by atoms with E-state index in [1.165, 1.54) is 36.2 Å². The number of benzene rings is 2. The maximum absolute atomic E-state index is 13.2. The summed E-state index contributed by atoms with van der Waals surface area (Å²) in [5.74, 6) is -4.27. The standard InChI is InChI=1S/C20H19F2NO4/c1-23(19(25)12-18(24)20(26)27)11-10-17(13-2-6-15(21)7-3-13)14-4-8-16(22)9-5-14/h2-9,12,17,24H,10-11H2,1H3,(H,26,27)/b18-12-. The molecule has 7 heteroatoms. The SMILES string of the molecule is CN(CCC(c1ccc(F)cc1)c1ccc(F)cc1)C(=O)/C=C(\O)C(=O)O. The highest BCUT2D eigenvalue weighted by Gasteiger charge is 2.18. The molecule has 0 radical (unpaired) electrons. The predicted octanol–water partition coefficient (Wildman–Crippen LogP) is 3.47. The zero-order chi connectivity index (χ0) is 20.0. The van der Waals surface area contributed by atoms with Crippen LogP contribution in [0.25, 0.3) is 0 Å². The first kappa shape index (κ1) is 20.1. The van der Waals surface area contributed by atoms with Gasteiger partial charge in [-0.05, 0) is 41.8 Å². The molecule has 2 N–H and O–H groups in total. The van der Waals surface area contributed by atoms with Crippen molar-refractivity contribution in [3.05, 3.63) is 83.1 Å². The van der Waals surface area contributed by atoms with E-state index in [1.54, 1.807) is 24.3 Å². The number of rotatable bonds is 7. The van der Waals surface area contributed by atoms with Crippen molar-refractivity contribution in [2.45, 2.75) is 12.3 Å². The zero-order valence-corrected chi connectivity index (χ0v) is 14.6. The number of aliphatic hydroxyl groups excluding tert-OH is 1. The van der Waals surface area contributed by atoms with Crippen LogP contribution in [0.4, 0.5) is 8.78 Å². The fourth-order valence-electron chi connectivity index (χ4n) is 2.64. The summed E-state index contributed by atoms with van der Waals surface area (Å²) >= 11 is 0. The van der Waals surface area contributed by atoms with Gasteiger partial charge in [-0.1, -0.05) is 24.3 Å². The number of aliphatic hydroxyl groups is 1. The van der Waals surface area contributed by atoms with Crippen molar-refractivity contribution in [3.8, 4) is 0 Å². The van der Waals surface area contributed by atoms with E-state index < -0.39 is 17.6 Å². The van der Waals surface area contributed by atoms with Crippen LogP contribution in [0, 0.1) is 11.6 Å². The van der Waals surface area contributed by atoms with Crippen molar-refractivity contribution >= 4 is 11.9 Å². The second-order valence-electron chi connectivity index (χ2n) is 6.04. The van der Waals surface area contributed by atoms with Crippen molar-refractivity contribution in [3.63, 3.8) is 0 Å². The topological polar surface area (TPSA) is 77.8 Å². The normalized spacial score (nSPS) is 11.5. The number of carbonyl (C=O) groups excluding carboxylic acids is 1. The molecule has 142 valence electrons. The molecule has 0 fully saturated rings. The molecule has 27 heavy (non-hydrogen) atoms. The molecule has 2 aromatic rings. The molecule has 0 bridgehead atoms. The Morgan fingerprint density at radius 1 is 0.963 bits per heavy atom. The Bertz CT molecular complexity index is 787. The monoisotopic (exact) mass is 375 g/mol. The van der Waals surface area contributed by atoms with Crippen LogP contribution in [0.1, 0.15) is 23.5 Å². The molecule has 0 unspecified atom stereocenters. The summed E-state index contributed by atoms with van der Waals surface area (Å²) in [6.45, 7) is 0.238. The van der Waals surface area contributed by atoms with Gasteiger partial charge < -0.3 is 15.1 Å². The number of aliphatic carboxylic acids is 1. The lowest BCUT2D eigenvalue weighted by Gasteiger charge is -2.22. The third-order valence-electron chi connectivity index (χ3n) is 4.15. The number of halogens is 2. The summed E-state index contributed by atoms with van der Waals surface area (Å²) in [5.41, 5.74) is 1.60. The Kier molecular flexibility index (Phi) is 6.65. The molecule has 5 nitrogen and oxygen atoms in total. The molecule has 0 saturated heterocycles. The smallest absolute Gasteiger partial charge is 0.371 e. The number of likely N-dealkylation sites (N-methyl/N-ethyl adjacent to an activating group) is 1. The lowest BCUT2D eigenvalue weighted by Crippen LogP contribution is -2.28. The number of carboxylic acid groups (broad SMARTS) is 1. The first-order valence-corrected chi connectivity index (χ1v) is 8.18. The van der Waals surface area contributed by atoms with Crippen LogP contribution in [0.15, 0.2) is 60.4 Å². The number of hydrogen-bond acceptors (Lipinski definition) is 3. The minimum atomic E-state index is -1.59. The van der Waals surface area contributed by atoms with E-state index >= 15 is 0 Å². The summed E-state index contributed by atoms with van der Waals surface area (Å²) in [7, 11) is 1.47. The van der Waals surface area contributed by atoms with Gasteiger partial charge in [-0.2, -0.15) is 0 Å². The minimum Gasteiger partial charge on any atom is -0.502 e. The summed E-state index contributed by atoms with van der Waals surface area (Å²) in [5, 5.41) is 17.8. The van der Waals surface area contributed by atoms with Gasteiger partial charge in [0.15, 0.2) is 0 Å². The molecule has 0 atom stereocenters. The molecule has 0 aliphatic rings. The van der Waals surface area contributed by atoms with E-state index in [4.69, 9.17) is 5.11 Å². The van der Waals surface area contributed by atoms with Gasteiger partial charge in [-0.25, -0.2) is 13.6 Å². The fourth-order valence-corrected chi connectivity index (χ4v) is 2.64. The Hall–Kier alpha value is -3.22. The summed E-state index contributed by atoms with van der Waals surface area (Å²) < 4.78 is 26.5. The van der Waals surface area contributed by atoms with Gasteiger partial charge in [0, 0.05) is 19.5 Å². The van der Waals surface area contributed by atoms with Crippen LogP contribution in [0.2, 0.25) is 0 Å². The van der Waals surface area contributed by atoms with E-state index in [9.17, 15) is 23.5 Å². The molecule has 0 saturated carbocycles. The maximum atomic E-state index is 13.2. The molecule has 0 heterocycles. The van der Waals surface area contributed by atoms with Crippen molar-refractivity contribution < 1.29 is 28.6 Å². The van der Waals surface area contributed by atoms with Gasteiger partial charge in [0.1, 0.15) is 11.6 Å². The highest BCUT2D eigenvalue weighted by Crippen LogP contribution is 2.28. The first-order chi connectivity index (χ1) is 12.8. The minimum absolute atomic E-state index is 0.224. The van der Waals surface area contributed by atoms with Gasteiger partial charge in [0.05, 0.1) is 6.08 Å². The molecule has 0 aromatic heterocycles. The van der Waals surface area contributed by atoms with Gasteiger partial charge in [0.2, 0.25) is 11.7 Å². The second-order valence-corrected chi connectivity index (χ2v) is 6.04. The predicted molar refractivity (Wildman–Crippen MR) is 95.2 cm³/mol. The molecule has 0 aliphatic carbocycles. The second kappa shape index (κ2) is 8.93. The maximum Gasteiger partial charge on any atom is 0.371 e. The third kappa shape index (κ3) is 5.64. The van der Waals surface area contributed by atoms with Crippen LogP contribution in [0.5, 0.6) is 0 Å². The van der Waals surface area contributed by atoms with Gasteiger partial charge >= 0.3 is 5.97 Å². The average molecular weight is 375 g/mol. The number of amides is 1. The van der Waals surface area contributed by atoms with Crippen molar-refractivity contribution in [1.82, 2.24) is 4.90 Å². The summed E-state index contributed by atoms with van der Waals surface area (Å²) in [6, 6.07) is 11.8. The lowest BCUT2D eigenvalue weighted by molar-refractivity contribution is -0.136. The Balaban J connectivity index is 2.18. The molecule has 2 rings (SSSR count). The molecule has 0 spiro atoms. The van der Waals surface area contributed by atoms with Crippen molar-refractivity contribution in [1.29, 1.82) is 0 Å². The molecule has 2 aromatic carbocycles. The van der Waals surface area contributed by atoms with E-state index in [0.29, 0.717) is 12.5 Å². The molecular weight excluding hydrogens is 356 g/mol. The molecular formula is C20H19F2NO4. The highest BCUT2D eigenvalue weighted by atomic mass is 19.1. The number of nitrogens with zero attached hydrogens (tertiary/aromatic N) is 1. The van der Waals surface area contributed by atoms with Crippen LogP contribution in [-0.4, -0.2) is 40.6 Å². The fraction of sp³-hybridized carbons (Fsp3) is 0.200. The van der Waals surface area contributed by atoms with Crippen molar-refractivity contribution in [2.75, 3.05) is 13.6 Å². The van der Waals surface area contributed by atoms with E-state index in [0.717, 1.165) is 11.1 Å². The highest BCUT2D eigenvalue weighted by molar-refractivity contribution is 5.95. The summed E-state index contributed by atoms with van der Waals surface area (Å²) in [4.78, 5) is 23.8. The summed E-state index contributed by atoms with van der Waals surface area (Å²) in [6.07, 6.45) is 1.06. The molecule has 0 aliphatic heterocycles. The Morgan fingerprint density at radius 2 is 1.41 bits per heavy atom. The average Bonchev–Trinajstić information content (AvgIpc) is 2.64. The van der Waals surface area contributed by atoms with Gasteiger partial charge in [0.25, 0.3) is 0 Å². The van der Waals surface area contributed by atoms with Crippen LogP contribution >= 0.6 is 0 Å². The third-order valence-corrected chi connectivity index (χ3v) is 4.15. The first-order valence-electron chi connectivity index (χ1n) is 8.18. The lowest BCUT2D eigenvalue weighted by atomic mass is 9.88.